The van der Waals surface area contributed by atoms with Crippen molar-refractivity contribution in [1.29, 1.82) is 0 Å². The normalized spacial score (nSPS) is 11.8. The van der Waals surface area contributed by atoms with Crippen LogP contribution >= 0.6 is 0 Å². The molecule has 48 heavy (non-hydrogen) atoms. The SMILES string of the molecule is c1ccc(-c2cc(-c3cccc4oc5cc(-n6c7ccccc7c7cc8ccccc8cc76)ccc5c34)nc(-c3ccccc3)n2)cc1. The predicted molar refractivity (Wildman–Crippen MR) is 197 cm³/mol. The molecule has 0 aliphatic heterocycles. The molecule has 0 spiro atoms. The molecular weight excluding hydrogens is 587 g/mol. The summed E-state index contributed by atoms with van der Waals surface area (Å²) in [6, 6.07) is 57.2. The zero-order chi connectivity index (χ0) is 31.6. The third-order valence-corrected chi connectivity index (χ3v) is 9.38. The summed E-state index contributed by atoms with van der Waals surface area (Å²) in [5.74, 6) is 0.693. The van der Waals surface area contributed by atoms with Gasteiger partial charge in [0.05, 0.1) is 22.4 Å². The summed E-state index contributed by atoms with van der Waals surface area (Å²) < 4.78 is 8.98. The van der Waals surface area contributed by atoms with E-state index in [1.807, 2.05) is 48.5 Å². The number of rotatable bonds is 4. The molecule has 0 atom stereocenters. The average Bonchev–Trinajstić information content (AvgIpc) is 3.69. The zero-order valence-electron chi connectivity index (χ0n) is 25.8. The fraction of sp³-hybridized carbons (Fsp3) is 0. The number of nitrogens with zero attached hydrogens (tertiary/aromatic N) is 3. The topological polar surface area (TPSA) is 43.9 Å². The molecule has 0 bridgehead atoms. The smallest absolute Gasteiger partial charge is 0.160 e. The summed E-state index contributed by atoms with van der Waals surface area (Å²) in [7, 11) is 0. The monoisotopic (exact) mass is 613 g/mol. The highest BCUT2D eigenvalue weighted by Crippen LogP contribution is 2.40. The molecule has 3 heterocycles. The first-order valence-corrected chi connectivity index (χ1v) is 16.2. The Kier molecular flexibility index (Phi) is 5.84. The second-order valence-electron chi connectivity index (χ2n) is 12.2. The van der Waals surface area contributed by atoms with Gasteiger partial charge in [-0.15, -0.1) is 0 Å². The summed E-state index contributed by atoms with van der Waals surface area (Å²) in [4.78, 5) is 10.1. The van der Waals surface area contributed by atoms with Crippen molar-refractivity contribution in [1.82, 2.24) is 14.5 Å². The molecule has 0 unspecified atom stereocenters. The second kappa shape index (κ2) is 10.5. The molecule has 0 N–H and O–H groups in total. The zero-order valence-corrected chi connectivity index (χ0v) is 25.8. The third-order valence-electron chi connectivity index (χ3n) is 9.38. The van der Waals surface area contributed by atoms with Crippen molar-refractivity contribution >= 4 is 54.5 Å². The van der Waals surface area contributed by atoms with Gasteiger partial charge in [0.1, 0.15) is 11.2 Å². The van der Waals surface area contributed by atoms with Gasteiger partial charge in [0.15, 0.2) is 5.82 Å². The first-order valence-electron chi connectivity index (χ1n) is 16.2. The van der Waals surface area contributed by atoms with Crippen molar-refractivity contribution in [2.24, 2.45) is 0 Å². The van der Waals surface area contributed by atoms with E-state index in [0.29, 0.717) is 5.82 Å². The maximum atomic E-state index is 6.62. The van der Waals surface area contributed by atoms with Crippen molar-refractivity contribution in [3.8, 4) is 39.6 Å². The van der Waals surface area contributed by atoms with Gasteiger partial charge in [-0.1, -0.05) is 115 Å². The van der Waals surface area contributed by atoms with Gasteiger partial charge in [0.2, 0.25) is 0 Å². The van der Waals surface area contributed by atoms with Crippen molar-refractivity contribution in [3.63, 3.8) is 0 Å². The molecule has 0 amide bonds. The Morgan fingerprint density at radius 3 is 1.98 bits per heavy atom. The summed E-state index contributed by atoms with van der Waals surface area (Å²) in [6.07, 6.45) is 0. The Balaban J connectivity index is 1.19. The van der Waals surface area contributed by atoms with Crippen LogP contribution in [0.25, 0.3) is 94.1 Å². The van der Waals surface area contributed by atoms with Crippen molar-refractivity contribution in [2.45, 2.75) is 0 Å². The highest BCUT2D eigenvalue weighted by atomic mass is 16.3. The van der Waals surface area contributed by atoms with Crippen LogP contribution in [-0.2, 0) is 0 Å². The number of furan rings is 1. The highest BCUT2D eigenvalue weighted by Gasteiger charge is 2.19. The van der Waals surface area contributed by atoms with Gasteiger partial charge < -0.3 is 8.98 Å². The first kappa shape index (κ1) is 26.7. The van der Waals surface area contributed by atoms with Crippen LogP contribution in [0.2, 0.25) is 0 Å². The average molecular weight is 614 g/mol. The Labute approximate surface area is 276 Å². The van der Waals surface area contributed by atoms with E-state index in [9.17, 15) is 0 Å². The minimum Gasteiger partial charge on any atom is -0.456 e. The summed E-state index contributed by atoms with van der Waals surface area (Å²) in [5.41, 5.74) is 9.84. The van der Waals surface area contributed by atoms with E-state index in [-0.39, 0.29) is 0 Å². The lowest BCUT2D eigenvalue weighted by Crippen LogP contribution is -1.96. The van der Waals surface area contributed by atoms with Crippen LogP contribution < -0.4 is 0 Å². The second-order valence-corrected chi connectivity index (χ2v) is 12.2. The van der Waals surface area contributed by atoms with Crippen LogP contribution in [0.3, 0.4) is 0 Å². The molecule has 0 aliphatic carbocycles. The first-order chi connectivity index (χ1) is 23.8. The van der Waals surface area contributed by atoms with E-state index in [0.717, 1.165) is 55.7 Å². The maximum Gasteiger partial charge on any atom is 0.160 e. The summed E-state index contributed by atoms with van der Waals surface area (Å²) in [6.45, 7) is 0. The fourth-order valence-corrected chi connectivity index (χ4v) is 7.16. The lowest BCUT2D eigenvalue weighted by Gasteiger charge is -2.10. The number of aromatic nitrogens is 3. The van der Waals surface area contributed by atoms with Gasteiger partial charge in [-0.25, -0.2) is 9.97 Å². The molecule has 0 fully saturated rings. The minimum absolute atomic E-state index is 0.693. The van der Waals surface area contributed by atoms with Crippen LogP contribution in [0.1, 0.15) is 0 Å². The molecule has 0 saturated heterocycles. The van der Waals surface area contributed by atoms with Crippen molar-refractivity contribution in [2.75, 3.05) is 0 Å². The predicted octanol–water partition coefficient (Wildman–Crippen LogP) is 11.6. The lowest BCUT2D eigenvalue weighted by atomic mass is 10.0. The van der Waals surface area contributed by atoms with E-state index in [1.165, 1.54) is 32.6 Å². The van der Waals surface area contributed by atoms with E-state index < -0.39 is 0 Å². The molecule has 3 aromatic heterocycles. The van der Waals surface area contributed by atoms with Crippen LogP contribution in [0.4, 0.5) is 0 Å². The van der Waals surface area contributed by atoms with Crippen molar-refractivity contribution in [3.05, 3.63) is 164 Å². The van der Waals surface area contributed by atoms with Crippen LogP contribution in [-0.4, -0.2) is 14.5 Å². The molecule has 7 aromatic carbocycles. The van der Waals surface area contributed by atoms with Gasteiger partial charge in [0, 0.05) is 50.0 Å². The van der Waals surface area contributed by atoms with E-state index >= 15 is 0 Å². The van der Waals surface area contributed by atoms with Gasteiger partial charge in [-0.2, -0.15) is 0 Å². The number of hydrogen-bond donors (Lipinski definition) is 0. The lowest BCUT2D eigenvalue weighted by molar-refractivity contribution is 0.668. The van der Waals surface area contributed by atoms with E-state index in [2.05, 4.69) is 120 Å². The standard InChI is InChI=1S/C44H27N3O/c1-3-12-28(13-4-1)37-27-38(46-44(45-37)29-14-5-2-6-15-29)34-19-11-21-41-43(34)35-23-22-32(26-42(35)48-41)47-39-20-10-9-18-33(39)36-24-30-16-7-8-17-31(30)25-40(36)47/h1-27H. The van der Waals surface area contributed by atoms with E-state index in [4.69, 9.17) is 14.4 Å². The number of fused-ring (bicyclic) bond motifs is 7. The minimum atomic E-state index is 0.693. The Morgan fingerprint density at radius 2 is 1.15 bits per heavy atom. The fourth-order valence-electron chi connectivity index (χ4n) is 7.16. The van der Waals surface area contributed by atoms with Gasteiger partial charge >= 0.3 is 0 Å². The van der Waals surface area contributed by atoms with Crippen LogP contribution in [0.15, 0.2) is 168 Å². The summed E-state index contributed by atoms with van der Waals surface area (Å²) in [5, 5.41) is 7.03. The maximum absolute atomic E-state index is 6.62. The van der Waals surface area contributed by atoms with Gasteiger partial charge in [-0.05, 0) is 53.2 Å². The Hall–Kier alpha value is -6.52. The molecule has 224 valence electrons. The van der Waals surface area contributed by atoms with E-state index in [1.54, 1.807) is 0 Å². The van der Waals surface area contributed by atoms with Gasteiger partial charge in [0.25, 0.3) is 0 Å². The molecule has 10 aromatic rings. The third kappa shape index (κ3) is 4.16. The molecule has 0 radical (unpaired) electrons. The van der Waals surface area contributed by atoms with Crippen molar-refractivity contribution < 1.29 is 4.42 Å². The van der Waals surface area contributed by atoms with Gasteiger partial charge in [-0.3, -0.25) is 0 Å². The summed E-state index contributed by atoms with van der Waals surface area (Å²) >= 11 is 0. The number of para-hydroxylation sites is 1. The van der Waals surface area contributed by atoms with Crippen LogP contribution in [0.5, 0.6) is 0 Å². The quantitative estimate of drug-likeness (QED) is 0.198. The molecule has 0 saturated carbocycles. The van der Waals surface area contributed by atoms with Crippen LogP contribution in [0, 0.1) is 0 Å². The number of benzene rings is 7. The molecular formula is C44H27N3O. The largest absolute Gasteiger partial charge is 0.456 e. The highest BCUT2D eigenvalue weighted by molar-refractivity contribution is 6.15. The molecule has 10 rings (SSSR count). The molecule has 4 nitrogen and oxygen atoms in total. The molecule has 4 heteroatoms. The Bertz CT molecular complexity index is 2770. The molecule has 0 aliphatic rings. The number of hydrogen-bond acceptors (Lipinski definition) is 3. The Morgan fingerprint density at radius 1 is 0.438 bits per heavy atom.